The zero-order chi connectivity index (χ0) is 14.2. The Hall–Kier alpha value is -1.53. The van der Waals surface area contributed by atoms with E-state index in [4.69, 9.17) is 0 Å². The molecule has 1 aliphatic heterocycles. The number of oxime groups is 1. The first-order valence-corrected chi connectivity index (χ1v) is 7.61. The number of thioether (sulfide) groups is 1. The molecule has 3 atom stereocenters. The maximum absolute atomic E-state index is 12.3. The van der Waals surface area contributed by atoms with E-state index in [1.54, 1.807) is 12.1 Å². The minimum Gasteiger partial charge on any atom is -0.411 e. The van der Waals surface area contributed by atoms with E-state index in [-0.39, 0.29) is 11.2 Å². The molecule has 0 radical (unpaired) electrons. The van der Waals surface area contributed by atoms with Crippen LogP contribution in [0.4, 0.5) is 0 Å². The minimum atomic E-state index is -0.629. The first kappa shape index (κ1) is 13.5. The summed E-state index contributed by atoms with van der Waals surface area (Å²) in [6, 6.07) is 8.97. The predicted octanol–water partition coefficient (Wildman–Crippen LogP) is 1.26. The molecule has 1 aromatic rings. The summed E-state index contributed by atoms with van der Waals surface area (Å²) in [4.78, 5) is 12.3. The maximum atomic E-state index is 12.3. The fourth-order valence-electron chi connectivity index (χ4n) is 2.89. The second-order valence-electron chi connectivity index (χ2n) is 5.23. The highest BCUT2D eigenvalue weighted by atomic mass is 32.2. The largest absolute Gasteiger partial charge is 0.411 e. The maximum Gasteiger partial charge on any atom is 0.252 e. The summed E-state index contributed by atoms with van der Waals surface area (Å²) >= 11 is 1.53. The highest BCUT2D eigenvalue weighted by Crippen LogP contribution is 2.43. The lowest BCUT2D eigenvalue weighted by molar-refractivity contribution is 0.0904. The quantitative estimate of drug-likeness (QED) is 0.566. The van der Waals surface area contributed by atoms with Gasteiger partial charge in [-0.15, -0.1) is 11.8 Å². The van der Waals surface area contributed by atoms with Gasteiger partial charge in [-0.3, -0.25) is 4.79 Å². The highest BCUT2D eigenvalue weighted by Gasteiger charge is 2.53. The van der Waals surface area contributed by atoms with Crippen molar-refractivity contribution in [1.29, 1.82) is 0 Å². The zero-order valence-corrected chi connectivity index (χ0v) is 11.6. The summed E-state index contributed by atoms with van der Waals surface area (Å²) in [6.07, 6.45) is 0.691. The van der Waals surface area contributed by atoms with E-state index in [9.17, 15) is 15.1 Å². The molecule has 0 spiro atoms. The molecule has 1 heterocycles. The van der Waals surface area contributed by atoms with Crippen molar-refractivity contribution in [2.75, 3.05) is 5.75 Å². The number of benzene rings is 1. The standard InChI is InChI=1S/C14H16N2O3S/c17-10-6-7-14(8-20-11(10)12(14)16-19)15-13(18)9-4-2-1-3-5-9/h1-5,10-11,17,19H,6-8H2,(H,15,18). The van der Waals surface area contributed by atoms with Crippen molar-refractivity contribution in [1.82, 2.24) is 5.32 Å². The summed E-state index contributed by atoms with van der Waals surface area (Å²) in [5, 5.41) is 25.3. The lowest BCUT2D eigenvalue weighted by Gasteiger charge is -2.35. The summed E-state index contributed by atoms with van der Waals surface area (Å²) < 4.78 is 0. The van der Waals surface area contributed by atoms with Crippen LogP contribution in [0.5, 0.6) is 0 Å². The Morgan fingerprint density at radius 2 is 2.15 bits per heavy atom. The van der Waals surface area contributed by atoms with Crippen molar-refractivity contribution in [2.45, 2.75) is 29.7 Å². The van der Waals surface area contributed by atoms with Crippen molar-refractivity contribution in [3.8, 4) is 0 Å². The average Bonchev–Trinajstić information content (AvgIpc) is 2.76. The number of nitrogens with one attached hydrogen (secondary N) is 1. The molecular weight excluding hydrogens is 276 g/mol. The van der Waals surface area contributed by atoms with Crippen LogP contribution in [0.25, 0.3) is 0 Å². The summed E-state index contributed by atoms with van der Waals surface area (Å²) in [6.45, 7) is 0. The molecule has 6 heteroatoms. The fourth-order valence-corrected chi connectivity index (χ4v) is 4.51. The van der Waals surface area contributed by atoms with Crippen LogP contribution in [0.3, 0.4) is 0 Å². The SMILES string of the molecule is O=C(NC12CCC(O)C(SC1)C2=NO)c1ccccc1. The molecule has 1 aliphatic carbocycles. The van der Waals surface area contributed by atoms with E-state index in [1.165, 1.54) is 11.8 Å². The molecule has 5 nitrogen and oxygen atoms in total. The number of amides is 1. The molecule has 0 aromatic heterocycles. The molecule has 20 heavy (non-hydrogen) atoms. The van der Waals surface area contributed by atoms with Gasteiger partial charge in [0.05, 0.1) is 22.6 Å². The second kappa shape index (κ2) is 5.10. The Morgan fingerprint density at radius 3 is 2.85 bits per heavy atom. The van der Waals surface area contributed by atoms with Crippen LogP contribution in [-0.2, 0) is 0 Å². The number of rotatable bonds is 2. The molecule has 2 fully saturated rings. The van der Waals surface area contributed by atoms with Crippen LogP contribution in [0.1, 0.15) is 23.2 Å². The number of aliphatic hydroxyl groups is 1. The molecule has 1 saturated carbocycles. The zero-order valence-electron chi connectivity index (χ0n) is 10.8. The minimum absolute atomic E-state index is 0.176. The fraction of sp³-hybridized carbons (Fsp3) is 0.429. The monoisotopic (exact) mass is 292 g/mol. The lowest BCUT2D eigenvalue weighted by Crippen LogP contribution is -2.59. The van der Waals surface area contributed by atoms with Crippen molar-refractivity contribution in [3.05, 3.63) is 35.9 Å². The molecule has 3 unspecified atom stereocenters. The Kier molecular flexibility index (Phi) is 3.43. The number of nitrogens with zero attached hydrogens (tertiary/aromatic N) is 1. The Labute approximate surface area is 121 Å². The van der Waals surface area contributed by atoms with Crippen molar-refractivity contribution in [3.63, 3.8) is 0 Å². The Balaban J connectivity index is 1.85. The number of carbonyl (C=O) groups is 1. The molecule has 3 N–H and O–H groups in total. The van der Waals surface area contributed by atoms with Crippen LogP contribution in [0, 0.1) is 0 Å². The third kappa shape index (κ3) is 2.09. The lowest BCUT2D eigenvalue weighted by atomic mass is 9.80. The van der Waals surface area contributed by atoms with E-state index >= 15 is 0 Å². The van der Waals surface area contributed by atoms with Crippen LogP contribution in [-0.4, -0.2) is 44.6 Å². The molecule has 1 aromatic carbocycles. The number of carbonyl (C=O) groups excluding carboxylic acids is 1. The number of hydrogen-bond donors (Lipinski definition) is 3. The molecule has 1 amide bonds. The van der Waals surface area contributed by atoms with E-state index in [0.29, 0.717) is 29.9 Å². The third-order valence-electron chi connectivity index (χ3n) is 3.98. The van der Waals surface area contributed by atoms with Crippen LogP contribution >= 0.6 is 11.8 Å². The van der Waals surface area contributed by atoms with Crippen molar-refractivity contribution >= 4 is 23.4 Å². The third-order valence-corrected chi connectivity index (χ3v) is 5.54. The van der Waals surface area contributed by atoms with Crippen LogP contribution in [0.15, 0.2) is 35.5 Å². The Morgan fingerprint density at radius 1 is 1.40 bits per heavy atom. The van der Waals surface area contributed by atoms with Gasteiger partial charge < -0.3 is 15.6 Å². The van der Waals surface area contributed by atoms with Gasteiger partial charge in [-0.1, -0.05) is 23.4 Å². The van der Waals surface area contributed by atoms with Gasteiger partial charge in [0.1, 0.15) is 0 Å². The molecule has 1 saturated heterocycles. The first-order chi connectivity index (χ1) is 9.66. The van der Waals surface area contributed by atoms with Crippen molar-refractivity contribution in [2.24, 2.45) is 5.16 Å². The van der Waals surface area contributed by atoms with Crippen LogP contribution < -0.4 is 5.32 Å². The Bertz CT molecular complexity index is 549. The smallest absolute Gasteiger partial charge is 0.252 e. The van der Waals surface area contributed by atoms with Gasteiger partial charge in [0.15, 0.2) is 0 Å². The number of hydrogen-bond acceptors (Lipinski definition) is 5. The van der Waals surface area contributed by atoms with E-state index in [1.807, 2.05) is 18.2 Å². The molecule has 106 valence electrons. The van der Waals surface area contributed by atoms with Gasteiger partial charge in [0.2, 0.25) is 0 Å². The van der Waals surface area contributed by atoms with Crippen LogP contribution in [0.2, 0.25) is 0 Å². The van der Waals surface area contributed by atoms with Gasteiger partial charge in [0, 0.05) is 11.3 Å². The summed E-state index contributed by atoms with van der Waals surface area (Å²) in [7, 11) is 0. The van der Waals surface area contributed by atoms with Gasteiger partial charge in [0.25, 0.3) is 5.91 Å². The van der Waals surface area contributed by atoms with E-state index in [2.05, 4.69) is 10.5 Å². The predicted molar refractivity (Wildman–Crippen MR) is 77.3 cm³/mol. The van der Waals surface area contributed by atoms with Crippen molar-refractivity contribution < 1.29 is 15.1 Å². The number of fused-ring (bicyclic) bond motifs is 2. The van der Waals surface area contributed by atoms with Gasteiger partial charge in [-0.25, -0.2) is 0 Å². The summed E-state index contributed by atoms with van der Waals surface area (Å²) in [5.74, 6) is 0.455. The van der Waals surface area contributed by atoms with Gasteiger partial charge in [-0.2, -0.15) is 0 Å². The summed E-state index contributed by atoms with van der Waals surface area (Å²) in [5.41, 5.74) is 0.445. The van der Waals surface area contributed by atoms with E-state index < -0.39 is 11.6 Å². The molecular formula is C14H16N2O3S. The highest BCUT2D eigenvalue weighted by molar-refractivity contribution is 8.01. The second-order valence-corrected chi connectivity index (χ2v) is 6.36. The number of aliphatic hydroxyl groups excluding tert-OH is 1. The first-order valence-electron chi connectivity index (χ1n) is 6.56. The normalized spacial score (nSPS) is 34.1. The average molecular weight is 292 g/mol. The molecule has 3 rings (SSSR count). The topological polar surface area (TPSA) is 81.9 Å². The molecule has 2 bridgehead atoms. The van der Waals surface area contributed by atoms with Gasteiger partial charge >= 0.3 is 0 Å². The van der Waals surface area contributed by atoms with Gasteiger partial charge in [-0.05, 0) is 25.0 Å². The molecule has 2 aliphatic rings. The van der Waals surface area contributed by atoms with E-state index in [0.717, 1.165) is 0 Å².